The van der Waals surface area contributed by atoms with Crippen LogP contribution < -0.4 is 19.6 Å². The summed E-state index contributed by atoms with van der Waals surface area (Å²) in [5.74, 6) is -0.880. The van der Waals surface area contributed by atoms with E-state index in [1.165, 1.54) is 34.3 Å². The second kappa shape index (κ2) is 11.4. The zero-order chi connectivity index (χ0) is 27.5. The van der Waals surface area contributed by atoms with Crippen molar-refractivity contribution in [1.29, 1.82) is 0 Å². The Labute approximate surface area is 240 Å². The molecule has 196 valence electrons. The van der Waals surface area contributed by atoms with Gasteiger partial charge in [0.05, 0.1) is 28.1 Å². The topological polar surface area (TPSA) is 100 Å². The molecule has 0 amide bonds. The number of benzene rings is 2. The zero-order valence-electron chi connectivity index (χ0n) is 20.6. The molecule has 2 aromatic carbocycles. The number of esters is 2. The molecule has 0 unspecified atom stereocenters. The van der Waals surface area contributed by atoms with Gasteiger partial charge < -0.3 is 13.9 Å². The third-order valence-corrected chi connectivity index (χ3v) is 7.57. The van der Waals surface area contributed by atoms with Crippen molar-refractivity contribution < 1.29 is 23.5 Å². The molecule has 0 saturated carbocycles. The van der Waals surface area contributed by atoms with E-state index in [4.69, 9.17) is 13.9 Å². The molecule has 0 spiro atoms. The number of ether oxygens (including phenoxy) is 2. The van der Waals surface area contributed by atoms with E-state index in [0.29, 0.717) is 20.6 Å². The Morgan fingerprint density at radius 3 is 2.54 bits per heavy atom. The molecule has 2 aromatic heterocycles. The fourth-order valence-corrected chi connectivity index (χ4v) is 5.50. The average Bonchev–Trinajstić information content (AvgIpc) is 3.57. The summed E-state index contributed by atoms with van der Waals surface area (Å²) in [7, 11) is 0. The number of aromatic nitrogens is 1. The largest absolute Gasteiger partial charge is 0.458 e. The van der Waals surface area contributed by atoms with E-state index in [-0.39, 0.29) is 29.2 Å². The molecule has 0 N–H and O–H groups in total. The highest BCUT2D eigenvalue weighted by Crippen LogP contribution is 2.31. The van der Waals surface area contributed by atoms with Crippen molar-refractivity contribution in [2.45, 2.75) is 13.0 Å². The van der Waals surface area contributed by atoms with Gasteiger partial charge in [0, 0.05) is 3.57 Å². The van der Waals surface area contributed by atoms with E-state index in [1.807, 2.05) is 30.3 Å². The van der Waals surface area contributed by atoms with Crippen molar-refractivity contribution in [3.05, 3.63) is 131 Å². The lowest BCUT2D eigenvalue weighted by molar-refractivity contribution is -0.138. The third kappa shape index (κ3) is 5.57. The number of hydrogen-bond acceptors (Lipinski definition) is 8. The number of rotatable bonds is 7. The first kappa shape index (κ1) is 26.6. The Bertz CT molecular complexity index is 1760. The zero-order valence-corrected chi connectivity index (χ0v) is 23.6. The summed E-state index contributed by atoms with van der Waals surface area (Å²) in [6.45, 7) is 5.33. The minimum atomic E-state index is -0.799. The third-order valence-electron chi connectivity index (χ3n) is 5.87. The SMILES string of the molecule is C=CCOC(=O)C1=C(C)N=c2s/c(=C/c3ccc(I)cc3)c(=O)n2[C@@H]1c1ccc(OC(=O)c2ccco2)cc1. The molecule has 0 radical (unpaired) electrons. The van der Waals surface area contributed by atoms with Crippen molar-refractivity contribution in [2.75, 3.05) is 6.61 Å². The van der Waals surface area contributed by atoms with Gasteiger partial charge >= 0.3 is 11.9 Å². The Morgan fingerprint density at radius 1 is 1.13 bits per heavy atom. The van der Waals surface area contributed by atoms with Gasteiger partial charge in [-0.1, -0.05) is 48.3 Å². The average molecular weight is 652 g/mol. The van der Waals surface area contributed by atoms with Crippen molar-refractivity contribution in [1.82, 2.24) is 4.57 Å². The van der Waals surface area contributed by atoms with Gasteiger partial charge in [-0.3, -0.25) is 9.36 Å². The van der Waals surface area contributed by atoms with Crippen LogP contribution in [0.3, 0.4) is 0 Å². The highest BCUT2D eigenvalue weighted by atomic mass is 127. The summed E-state index contributed by atoms with van der Waals surface area (Å²) in [4.78, 5) is 44.2. The van der Waals surface area contributed by atoms with Crippen LogP contribution in [0.15, 0.2) is 105 Å². The molecule has 39 heavy (non-hydrogen) atoms. The van der Waals surface area contributed by atoms with E-state index in [9.17, 15) is 14.4 Å². The molecule has 8 nitrogen and oxygen atoms in total. The summed E-state index contributed by atoms with van der Waals surface area (Å²) in [6, 6.07) is 16.7. The molecule has 10 heteroatoms. The van der Waals surface area contributed by atoms with E-state index < -0.39 is 18.0 Å². The highest BCUT2D eigenvalue weighted by Gasteiger charge is 2.33. The molecule has 5 rings (SSSR count). The molecule has 0 aliphatic carbocycles. The summed E-state index contributed by atoms with van der Waals surface area (Å²) in [5.41, 5.74) is 1.91. The Morgan fingerprint density at radius 2 is 1.87 bits per heavy atom. The fraction of sp³-hybridized carbons (Fsp3) is 0.103. The predicted molar refractivity (Wildman–Crippen MR) is 154 cm³/mol. The van der Waals surface area contributed by atoms with Crippen LogP contribution in [0.4, 0.5) is 0 Å². The first-order valence-corrected chi connectivity index (χ1v) is 13.7. The Kier molecular flexibility index (Phi) is 7.75. The van der Waals surface area contributed by atoms with Crippen LogP contribution in [0.2, 0.25) is 0 Å². The van der Waals surface area contributed by atoms with Crippen LogP contribution in [-0.2, 0) is 9.53 Å². The first-order chi connectivity index (χ1) is 18.9. The van der Waals surface area contributed by atoms with E-state index in [0.717, 1.165) is 9.13 Å². The first-order valence-electron chi connectivity index (χ1n) is 11.8. The predicted octanol–water partition coefficient (Wildman–Crippen LogP) is 4.38. The van der Waals surface area contributed by atoms with Crippen LogP contribution in [0.25, 0.3) is 6.08 Å². The van der Waals surface area contributed by atoms with Gasteiger partial charge in [-0.15, -0.1) is 0 Å². The van der Waals surface area contributed by atoms with Gasteiger partial charge in [-0.05, 0) is 83.1 Å². The van der Waals surface area contributed by atoms with Crippen molar-refractivity contribution in [3.63, 3.8) is 0 Å². The normalized spacial score (nSPS) is 14.9. The summed E-state index contributed by atoms with van der Waals surface area (Å²) >= 11 is 3.47. The van der Waals surface area contributed by atoms with Crippen molar-refractivity contribution in [3.8, 4) is 5.75 Å². The second-order valence-corrected chi connectivity index (χ2v) is 10.7. The van der Waals surface area contributed by atoms with Gasteiger partial charge in [-0.25, -0.2) is 14.6 Å². The van der Waals surface area contributed by atoms with Gasteiger partial charge in [0.15, 0.2) is 4.80 Å². The van der Waals surface area contributed by atoms with Gasteiger partial charge in [0.25, 0.3) is 5.56 Å². The van der Waals surface area contributed by atoms with Gasteiger partial charge in [0.1, 0.15) is 12.4 Å². The Balaban J connectivity index is 1.58. The minimum Gasteiger partial charge on any atom is -0.458 e. The number of hydrogen-bond donors (Lipinski definition) is 0. The summed E-state index contributed by atoms with van der Waals surface area (Å²) in [6.07, 6.45) is 4.67. The van der Waals surface area contributed by atoms with E-state index in [2.05, 4.69) is 34.2 Å². The second-order valence-electron chi connectivity index (χ2n) is 8.46. The maximum atomic E-state index is 13.7. The number of fused-ring (bicyclic) bond motifs is 1. The summed E-state index contributed by atoms with van der Waals surface area (Å²) < 4.78 is 18.9. The maximum absolute atomic E-state index is 13.7. The summed E-state index contributed by atoms with van der Waals surface area (Å²) in [5, 5.41) is 0. The lowest BCUT2D eigenvalue weighted by Gasteiger charge is -2.24. The van der Waals surface area contributed by atoms with Gasteiger partial charge in [-0.2, -0.15) is 0 Å². The number of furan rings is 1. The molecule has 4 aromatic rings. The van der Waals surface area contributed by atoms with Crippen LogP contribution in [0, 0.1) is 3.57 Å². The van der Waals surface area contributed by atoms with Crippen LogP contribution in [0.5, 0.6) is 5.75 Å². The highest BCUT2D eigenvalue weighted by molar-refractivity contribution is 14.1. The molecule has 1 atom stereocenters. The van der Waals surface area contributed by atoms with Crippen LogP contribution >= 0.6 is 33.9 Å². The Hall–Kier alpha value is -4.03. The lowest BCUT2D eigenvalue weighted by Crippen LogP contribution is -2.39. The standard InChI is InChI=1S/C29H21IN2O6S/c1-3-14-37-28(35)24-17(2)31-29-32(26(33)23(39-29)16-18-6-10-20(30)11-7-18)25(24)19-8-12-21(13-9-19)38-27(34)22-5-4-15-36-22/h3-13,15-16,25H,1,14H2,2H3/b23-16+/t25-/m1/s1. The molecular weight excluding hydrogens is 631 g/mol. The smallest absolute Gasteiger partial charge is 0.379 e. The number of thiazole rings is 1. The molecule has 0 saturated heterocycles. The fourth-order valence-electron chi connectivity index (χ4n) is 4.09. The van der Waals surface area contributed by atoms with E-state index >= 15 is 0 Å². The number of carbonyl (C=O) groups is 2. The number of allylic oxidation sites excluding steroid dienone is 1. The number of halogens is 1. The number of carbonyl (C=O) groups excluding carboxylic acids is 2. The number of nitrogens with zero attached hydrogens (tertiary/aromatic N) is 2. The molecule has 0 bridgehead atoms. The van der Waals surface area contributed by atoms with Crippen LogP contribution in [0.1, 0.15) is 34.6 Å². The minimum absolute atomic E-state index is 0.0151. The van der Waals surface area contributed by atoms with Crippen molar-refractivity contribution >= 4 is 51.9 Å². The van der Waals surface area contributed by atoms with E-state index in [1.54, 1.807) is 37.3 Å². The maximum Gasteiger partial charge on any atom is 0.379 e. The van der Waals surface area contributed by atoms with Crippen molar-refractivity contribution in [2.24, 2.45) is 4.99 Å². The molecule has 1 aliphatic heterocycles. The van der Waals surface area contributed by atoms with Crippen LogP contribution in [-0.4, -0.2) is 23.1 Å². The quantitative estimate of drug-likeness (QED) is 0.127. The molecular formula is C29H21IN2O6S. The van der Waals surface area contributed by atoms with Gasteiger partial charge in [0.2, 0.25) is 5.76 Å². The lowest BCUT2D eigenvalue weighted by atomic mass is 9.96. The molecule has 1 aliphatic rings. The monoisotopic (exact) mass is 652 g/mol. The molecule has 3 heterocycles. The molecule has 0 fully saturated rings.